The molecule has 30 heavy (non-hydrogen) atoms. The van der Waals surface area contributed by atoms with E-state index in [0.29, 0.717) is 12.1 Å². The third kappa shape index (κ3) is 8.99. The van der Waals surface area contributed by atoms with E-state index in [2.05, 4.69) is 32.9 Å². The summed E-state index contributed by atoms with van der Waals surface area (Å²) < 4.78 is 0. The summed E-state index contributed by atoms with van der Waals surface area (Å²) >= 11 is 1.75. The molecular formula is C22H34IN5OS. The standard InChI is InChI=1S/C22H33N5OS.HI/c1-7-23-21(24-12-11-19-26-15(2)16(3)29-19)25-14-17-9-8-10-18(13-17)20(28)27-22(4,5)6;/h8-10,13H,7,11-12,14H2,1-6H3,(H,27,28)(H2,23,24,25);1H. The molecule has 1 heterocycles. The van der Waals surface area contributed by atoms with Crippen LogP contribution in [0.2, 0.25) is 0 Å². The van der Waals surface area contributed by atoms with Crippen LogP contribution < -0.4 is 16.0 Å². The number of thiazole rings is 1. The normalized spacial score (nSPS) is 11.6. The van der Waals surface area contributed by atoms with Gasteiger partial charge in [-0.05, 0) is 59.2 Å². The van der Waals surface area contributed by atoms with Crippen LogP contribution >= 0.6 is 35.3 Å². The van der Waals surface area contributed by atoms with Crippen LogP contribution in [0, 0.1) is 13.8 Å². The zero-order valence-electron chi connectivity index (χ0n) is 18.8. The maximum atomic E-state index is 12.4. The lowest BCUT2D eigenvalue weighted by Crippen LogP contribution is -2.40. The average Bonchev–Trinajstić information content (AvgIpc) is 2.96. The van der Waals surface area contributed by atoms with Crippen LogP contribution in [0.3, 0.4) is 0 Å². The number of hydrogen-bond donors (Lipinski definition) is 3. The van der Waals surface area contributed by atoms with Crippen molar-refractivity contribution < 1.29 is 4.79 Å². The first-order chi connectivity index (χ1) is 13.7. The molecule has 0 bridgehead atoms. The first-order valence-corrected chi connectivity index (χ1v) is 10.9. The first kappa shape index (κ1) is 26.4. The Kier molecular flexibility index (Phi) is 10.8. The maximum absolute atomic E-state index is 12.4. The van der Waals surface area contributed by atoms with Gasteiger partial charge in [0.05, 0.1) is 17.2 Å². The fourth-order valence-corrected chi connectivity index (χ4v) is 3.60. The number of benzene rings is 1. The molecular weight excluding hydrogens is 509 g/mol. The molecule has 0 fully saturated rings. The van der Waals surface area contributed by atoms with E-state index in [4.69, 9.17) is 0 Å². The summed E-state index contributed by atoms with van der Waals surface area (Å²) in [4.78, 5) is 22.9. The van der Waals surface area contributed by atoms with Crippen molar-refractivity contribution in [3.8, 4) is 0 Å². The Labute approximate surface area is 201 Å². The number of aromatic nitrogens is 1. The number of aryl methyl sites for hydroxylation is 2. The number of aliphatic imine (C=N–C) groups is 1. The Hall–Kier alpha value is -1.68. The number of hydrogen-bond acceptors (Lipinski definition) is 4. The predicted octanol–water partition coefficient (Wildman–Crippen LogP) is 4.20. The van der Waals surface area contributed by atoms with Crippen molar-refractivity contribution in [1.82, 2.24) is 20.9 Å². The molecule has 8 heteroatoms. The van der Waals surface area contributed by atoms with Gasteiger partial charge in [-0.15, -0.1) is 35.3 Å². The molecule has 0 spiro atoms. The Bertz CT molecular complexity index is 838. The number of nitrogens with zero attached hydrogens (tertiary/aromatic N) is 2. The fourth-order valence-electron chi connectivity index (χ4n) is 2.67. The topological polar surface area (TPSA) is 78.4 Å². The predicted molar refractivity (Wildman–Crippen MR) is 137 cm³/mol. The van der Waals surface area contributed by atoms with Crippen molar-refractivity contribution in [2.75, 3.05) is 13.1 Å². The Morgan fingerprint density at radius 2 is 1.93 bits per heavy atom. The van der Waals surface area contributed by atoms with Crippen LogP contribution in [0.4, 0.5) is 0 Å². The molecule has 1 aromatic heterocycles. The highest BCUT2D eigenvalue weighted by atomic mass is 127. The van der Waals surface area contributed by atoms with Gasteiger partial charge in [-0.2, -0.15) is 0 Å². The summed E-state index contributed by atoms with van der Waals surface area (Å²) in [5.74, 6) is 0.699. The average molecular weight is 544 g/mol. The molecule has 166 valence electrons. The van der Waals surface area contributed by atoms with Crippen molar-refractivity contribution in [1.29, 1.82) is 0 Å². The minimum absolute atomic E-state index is 0. The SMILES string of the molecule is CCNC(=NCc1cccc(C(=O)NC(C)(C)C)c1)NCCc1nc(C)c(C)s1.I. The van der Waals surface area contributed by atoms with Crippen LogP contribution in [0.15, 0.2) is 29.3 Å². The third-order valence-electron chi connectivity index (χ3n) is 4.15. The molecule has 0 saturated heterocycles. The molecule has 0 radical (unpaired) electrons. The number of guanidine groups is 1. The van der Waals surface area contributed by atoms with Crippen molar-refractivity contribution >= 4 is 47.2 Å². The molecule has 0 aliphatic heterocycles. The smallest absolute Gasteiger partial charge is 0.251 e. The second-order valence-corrected chi connectivity index (χ2v) is 9.31. The van der Waals surface area contributed by atoms with Gasteiger partial charge in [-0.1, -0.05) is 12.1 Å². The highest BCUT2D eigenvalue weighted by molar-refractivity contribution is 14.0. The summed E-state index contributed by atoms with van der Waals surface area (Å²) in [6, 6.07) is 7.61. The number of halogens is 1. The minimum Gasteiger partial charge on any atom is -0.357 e. The fraction of sp³-hybridized carbons (Fsp3) is 0.500. The van der Waals surface area contributed by atoms with Gasteiger partial charge in [0.25, 0.3) is 5.91 Å². The lowest BCUT2D eigenvalue weighted by Gasteiger charge is -2.20. The molecule has 1 aromatic carbocycles. The molecule has 2 rings (SSSR count). The van der Waals surface area contributed by atoms with Crippen LogP contribution in [-0.2, 0) is 13.0 Å². The van der Waals surface area contributed by atoms with E-state index < -0.39 is 0 Å². The molecule has 0 aliphatic rings. The van der Waals surface area contributed by atoms with Gasteiger partial charge in [0.15, 0.2) is 5.96 Å². The van der Waals surface area contributed by atoms with E-state index >= 15 is 0 Å². The van der Waals surface area contributed by atoms with Gasteiger partial charge in [0.2, 0.25) is 0 Å². The summed E-state index contributed by atoms with van der Waals surface area (Å²) in [5, 5.41) is 10.8. The van der Waals surface area contributed by atoms with Crippen molar-refractivity contribution in [2.45, 2.75) is 60.0 Å². The third-order valence-corrected chi connectivity index (χ3v) is 5.28. The van der Waals surface area contributed by atoms with Gasteiger partial charge in [0, 0.05) is 35.5 Å². The molecule has 6 nitrogen and oxygen atoms in total. The highest BCUT2D eigenvalue weighted by Gasteiger charge is 2.15. The van der Waals surface area contributed by atoms with Crippen LogP contribution in [-0.4, -0.2) is 35.5 Å². The van der Waals surface area contributed by atoms with Crippen molar-refractivity contribution in [3.63, 3.8) is 0 Å². The molecule has 1 amide bonds. The molecule has 0 saturated carbocycles. The Morgan fingerprint density at radius 1 is 1.20 bits per heavy atom. The summed E-state index contributed by atoms with van der Waals surface area (Å²) in [5.41, 5.74) is 2.50. The summed E-state index contributed by atoms with van der Waals surface area (Å²) in [7, 11) is 0. The highest BCUT2D eigenvalue weighted by Crippen LogP contribution is 2.16. The summed E-state index contributed by atoms with van der Waals surface area (Å²) in [6.45, 7) is 14.2. The van der Waals surface area contributed by atoms with Crippen molar-refractivity contribution in [3.05, 3.63) is 51.0 Å². The number of amides is 1. The van der Waals surface area contributed by atoms with Gasteiger partial charge in [-0.3, -0.25) is 4.79 Å². The molecule has 0 atom stereocenters. The van der Waals surface area contributed by atoms with Crippen LogP contribution in [0.1, 0.15) is 59.2 Å². The lowest BCUT2D eigenvalue weighted by molar-refractivity contribution is 0.0919. The van der Waals surface area contributed by atoms with E-state index in [1.54, 1.807) is 11.3 Å². The Balaban J connectivity index is 0.00000450. The number of nitrogens with one attached hydrogen (secondary N) is 3. The monoisotopic (exact) mass is 543 g/mol. The van der Waals surface area contributed by atoms with Gasteiger partial charge >= 0.3 is 0 Å². The van der Waals surface area contributed by atoms with E-state index in [-0.39, 0.29) is 35.4 Å². The van der Waals surface area contributed by atoms with Crippen LogP contribution in [0.5, 0.6) is 0 Å². The second kappa shape index (κ2) is 12.2. The van der Waals surface area contributed by atoms with Gasteiger partial charge in [-0.25, -0.2) is 9.98 Å². The molecule has 3 N–H and O–H groups in total. The van der Waals surface area contributed by atoms with E-state index in [1.165, 1.54) is 4.88 Å². The van der Waals surface area contributed by atoms with E-state index in [0.717, 1.165) is 41.7 Å². The second-order valence-electron chi connectivity index (χ2n) is 8.03. The number of carbonyl (C=O) groups is 1. The molecule has 0 unspecified atom stereocenters. The van der Waals surface area contributed by atoms with Gasteiger partial charge < -0.3 is 16.0 Å². The molecule has 0 aliphatic carbocycles. The zero-order valence-corrected chi connectivity index (χ0v) is 21.9. The van der Waals surface area contributed by atoms with Crippen LogP contribution in [0.25, 0.3) is 0 Å². The first-order valence-electron chi connectivity index (χ1n) is 10.0. The number of rotatable bonds is 7. The summed E-state index contributed by atoms with van der Waals surface area (Å²) in [6.07, 6.45) is 0.867. The largest absolute Gasteiger partial charge is 0.357 e. The molecule has 2 aromatic rings. The van der Waals surface area contributed by atoms with Crippen molar-refractivity contribution in [2.24, 2.45) is 4.99 Å². The van der Waals surface area contributed by atoms with Gasteiger partial charge in [0.1, 0.15) is 0 Å². The van der Waals surface area contributed by atoms with E-state index in [1.807, 2.05) is 58.9 Å². The maximum Gasteiger partial charge on any atom is 0.251 e. The number of carbonyl (C=O) groups excluding carboxylic acids is 1. The zero-order chi connectivity index (χ0) is 21.4. The minimum atomic E-state index is -0.262. The Morgan fingerprint density at radius 3 is 2.53 bits per heavy atom. The lowest BCUT2D eigenvalue weighted by atomic mass is 10.1. The van der Waals surface area contributed by atoms with E-state index in [9.17, 15) is 4.79 Å². The quantitative estimate of drug-likeness (QED) is 0.278.